The number of amides is 3. The molecule has 2 saturated heterocycles. The number of carbonyl (C=O) groups is 3. The van der Waals surface area contributed by atoms with Crippen LogP contribution in [0.5, 0.6) is 0 Å². The lowest BCUT2D eigenvalue weighted by molar-refractivity contribution is -0.153. The van der Waals surface area contributed by atoms with E-state index in [1.165, 1.54) is 47.4 Å². The van der Waals surface area contributed by atoms with E-state index in [9.17, 15) is 23.2 Å². The third kappa shape index (κ3) is 4.46. The molecule has 3 aliphatic heterocycles. The normalized spacial score (nSPS) is 27.1. The van der Waals surface area contributed by atoms with Crippen molar-refractivity contribution in [1.29, 1.82) is 0 Å². The third-order valence-corrected chi connectivity index (χ3v) is 7.92. The van der Waals surface area contributed by atoms with Crippen molar-refractivity contribution < 1.29 is 27.9 Å². The largest absolute Gasteiger partial charge is 0.360 e. The van der Waals surface area contributed by atoms with Crippen molar-refractivity contribution >= 4 is 23.4 Å². The Morgan fingerprint density at radius 2 is 1.77 bits per heavy atom. The van der Waals surface area contributed by atoms with Crippen LogP contribution in [-0.4, -0.2) is 40.9 Å². The van der Waals surface area contributed by atoms with Gasteiger partial charge in [-0.1, -0.05) is 60.2 Å². The second-order valence-corrected chi connectivity index (χ2v) is 10.5. The molecule has 9 heteroatoms. The number of carbonyl (C=O) groups excluding carboxylic acids is 3. The molecule has 3 aliphatic rings. The highest BCUT2D eigenvalue weighted by atomic mass is 19.1. The maximum absolute atomic E-state index is 14.8. The van der Waals surface area contributed by atoms with Gasteiger partial charge in [0.25, 0.3) is 0 Å². The van der Waals surface area contributed by atoms with Gasteiger partial charge in [-0.05, 0) is 42.8 Å². The summed E-state index contributed by atoms with van der Waals surface area (Å²) in [4.78, 5) is 43.1. The molecule has 5 unspecified atom stereocenters. The van der Waals surface area contributed by atoms with Crippen LogP contribution in [-0.2, 0) is 25.7 Å². The van der Waals surface area contributed by atoms with Gasteiger partial charge in [-0.2, -0.15) is 0 Å². The minimum Gasteiger partial charge on any atom is -0.360 e. The highest BCUT2D eigenvalue weighted by Gasteiger charge is 2.64. The first-order chi connectivity index (χ1) is 19.3. The number of nitrogens with zero attached hydrogens (tertiary/aromatic N) is 1. The number of fused-ring (bicyclic) bond motifs is 1. The van der Waals surface area contributed by atoms with Gasteiger partial charge in [0.05, 0.1) is 24.5 Å². The Bertz CT molecular complexity index is 1510. The number of rotatable bonds is 5. The van der Waals surface area contributed by atoms with Gasteiger partial charge in [0.2, 0.25) is 17.7 Å². The molecule has 3 aromatic carbocycles. The van der Waals surface area contributed by atoms with Gasteiger partial charge in [0.15, 0.2) is 0 Å². The van der Waals surface area contributed by atoms with Crippen LogP contribution in [0.3, 0.4) is 0 Å². The molecule has 3 heterocycles. The van der Waals surface area contributed by atoms with Crippen LogP contribution in [0, 0.1) is 30.4 Å². The predicted octanol–water partition coefficient (Wildman–Crippen LogP) is 4.05. The first-order valence-corrected chi connectivity index (χ1v) is 13.1. The zero-order valence-corrected chi connectivity index (χ0v) is 21.6. The van der Waals surface area contributed by atoms with Gasteiger partial charge in [0.1, 0.15) is 23.3 Å². The zero-order chi connectivity index (χ0) is 28.0. The van der Waals surface area contributed by atoms with Crippen LogP contribution >= 0.6 is 0 Å². The average Bonchev–Trinajstić information content (AvgIpc) is 3.51. The Hall–Kier alpha value is -4.37. The molecule has 3 aromatic rings. The maximum atomic E-state index is 14.8. The topological polar surface area (TPSA) is 87.7 Å². The lowest BCUT2D eigenvalue weighted by Crippen LogP contribution is -2.59. The molecule has 3 amide bonds. The van der Waals surface area contributed by atoms with Crippen molar-refractivity contribution in [3.8, 4) is 0 Å². The van der Waals surface area contributed by atoms with Crippen molar-refractivity contribution in [2.75, 3.05) is 11.9 Å². The number of hydrogen-bond acceptors (Lipinski definition) is 4. The standard InChI is InChI=1S/C31H27F2N3O4/c1-18-6-12-22(13-7-18)35-28(37)25-24-14-15-31(40-24)17-34-29(38)27(19-8-10-21(32)11-9-19)36(30(39)26(25)31)16-20-4-2-3-5-23(20)33/h2-15,24-27H,16-17H2,1H3,(H,34,38)(H,35,37). The highest BCUT2D eigenvalue weighted by molar-refractivity contribution is 6.00. The molecule has 2 N–H and O–H groups in total. The molecule has 6 rings (SSSR count). The second kappa shape index (κ2) is 9.98. The number of hydrogen-bond donors (Lipinski definition) is 2. The highest BCUT2D eigenvalue weighted by Crippen LogP contribution is 2.49. The summed E-state index contributed by atoms with van der Waals surface area (Å²) >= 11 is 0. The van der Waals surface area contributed by atoms with E-state index in [0.29, 0.717) is 11.3 Å². The van der Waals surface area contributed by atoms with E-state index >= 15 is 0 Å². The van der Waals surface area contributed by atoms with Gasteiger partial charge in [0, 0.05) is 17.8 Å². The fraction of sp³-hybridized carbons (Fsp3) is 0.258. The SMILES string of the molecule is Cc1ccc(NC(=O)C2C3C=CC4(CNC(=O)C(c5ccc(F)cc5)N(Cc5ccccc5F)C(=O)C24)O3)cc1. The third-order valence-electron chi connectivity index (χ3n) is 7.92. The van der Waals surface area contributed by atoms with Crippen molar-refractivity contribution in [2.45, 2.75) is 31.2 Å². The number of halogens is 2. The molecule has 0 aliphatic carbocycles. The molecular weight excluding hydrogens is 516 g/mol. The number of nitrogens with one attached hydrogen (secondary N) is 2. The predicted molar refractivity (Wildman–Crippen MR) is 143 cm³/mol. The number of ether oxygens (including phenoxy) is 1. The first kappa shape index (κ1) is 25.9. The Morgan fingerprint density at radius 1 is 1.05 bits per heavy atom. The second-order valence-electron chi connectivity index (χ2n) is 10.5. The molecule has 0 saturated carbocycles. The molecule has 1 spiro atoms. The summed E-state index contributed by atoms with van der Waals surface area (Å²) in [6.45, 7) is 1.66. The van der Waals surface area contributed by atoms with Gasteiger partial charge in [-0.25, -0.2) is 8.78 Å². The van der Waals surface area contributed by atoms with Crippen molar-refractivity contribution in [2.24, 2.45) is 11.8 Å². The van der Waals surface area contributed by atoms with E-state index in [0.717, 1.165) is 5.56 Å². The van der Waals surface area contributed by atoms with Gasteiger partial charge >= 0.3 is 0 Å². The molecule has 40 heavy (non-hydrogen) atoms. The van der Waals surface area contributed by atoms with Crippen LogP contribution in [0.25, 0.3) is 0 Å². The Labute approximate surface area is 229 Å². The molecule has 0 radical (unpaired) electrons. The van der Waals surface area contributed by atoms with Crippen molar-refractivity contribution in [1.82, 2.24) is 10.2 Å². The van der Waals surface area contributed by atoms with Crippen LogP contribution < -0.4 is 10.6 Å². The van der Waals surface area contributed by atoms with E-state index in [1.54, 1.807) is 30.4 Å². The van der Waals surface area contributed by atoms with Crippen LogP contribution in [0.1, 0.15) is 22.7 Å². The van der Waals surface area contributed by atoms with E-state index < -0.39 is 58.9 Å². The maximum Gasteiger partial charge on any atom is 0.247 e. The zero-order valence-electron chi connectivity index (χ0n) is 21.6. The Kier molecular flexibility index (Phi) is 6.46. The Morgan fingerprint density at radius 3 is 2.50 bits per heavy atom. The monoisotopic (exact) mass is 543 g/mol. The van der Waals surface area contributed by atoms with Crippen molar-refractivity contribution in [3.63, 3.8) is 0 Å². The van der Waals surface area contributed by atoms with Crippen LogP contribution in [0.4, 0.5) is 14.5 Å². The van der Waals surface area contributed by atoms with E-state index in [-0.39, 0.29) is 18.7 Å². The summed E-state index contributed by atoms with van der Waals surface area (Å²) in [5.74, 6) is -4.37. The fourth-order valence-electron chi connectivity index (χ4n) is 5.91. The van der Waals surface area contributed by atoms with Crippen molar-refractivity contribution in [3.05, 3.63) is 113 Å². The summed E-state index contributed by atoms with van der Waals surface area (Å²) in [7, 11) is 0. The minimum absolute atomic E-state index is 0.0330. The van der Waals surface area contributed by atoms with Crippen LogP contribution in [0.15, 0.2) is 84.9 Å². The summed E-state index contributed by atoms with van der Waals surface area (Å²) in [5.41, 5.74) is 0.930. The smallest absolute Gasteiger partial charge is 0.247 e. The summed E-state index contributed by atoms with van der Waals surface area (Å²) in [5, 5.41) is 5.78. The molecule has 5 atom stereocenters. The lowest BCUT2D eigenvalue weighted by Gasteiger charge is -2.42. The average molecular weight is 544 g/mol. The quantitative estimate of drug-likeness (QED) is 0.476. The fourth-order valence-corrected chi connectivity index (χ4v) is 5.91. The molecule has 7 nitrogen and oxygen atoms in total. The molecular formula is C31H27F2N3O4. The molecule has 2 fully saturated rings. The summed E-state index contributed by atoms with van der Waals surface area (Å²) in [6.07, 6.45) is 2.79. The summed E-state index contributed by atoms with van der Waals surface area (Å²) < 4.78 is 34.9. The van der Waals surface area contributed by atoms with E-state index in [1.807, 2.05) is 19.1 Å². The minimum atomic E-state index is -1.24. The Balaban J connectivity index is 1.42. The van der Waals surface area contributed by atoms with Gasteiger partial charge in [-0.3, -0.25) is 14.4 Å². The first-order valence-electron chi connectivity index (χ1n) is 13.1. The number of aryl methyl sites for hydroxylation is 1. The molecule has 0 aromatic heterocycles. The van der Waals surface area contributed by atoms with Crippen LogP contribution in [0.2, 0.25) is 0 Å². The summed E-state index contributed by atoms with van der Waals surface area (Å²) in [6, 6.07) is 17.4. The molecule has 2 bridgehead atoms. The van der Waals surface area contributed by atoms with E-state index in [4.69, 9.17) is 4.74 Å². The molecule has 204 valence electrons. The van der Waals surface area contributed by atoms with Gasteiger partial charge < -0.3 is 20.3 Å². The number of anilines is 1. The van der Waals surface area contributed by atoms with E-state index in [2.05, 4.69) is 10.6 Å². The van der Waals surface area contributed by atoms with Gasteiger partial charge in [-0.15, -0.1) is 0 Å². The lowest BCUT2D eigenvalue weighted by atomic mass is 9.73. The number of benzene rings is 3.